The van der Waals surface area contributed by atoms with E-state index in [1.165, 1.54) is 18.4 Å². The van der Waals surface area contributed by atoms with E-state index in [9.17, 15) is 5.11 Å². The second-order valence-electron chi connectivity index (χ2n) is 2.64. The molecule has 0 amide bonds. The van der Waals surface area contributed by atoms with Gasteiger partial charge in [0.15, 0.2) is 11.5 Å². The molecule has 0 spiro atoms. The molecule has 0 aliphatic rings. The Kier molecular flexibility index (Phi) is 2.37. The third-order valence-corrected chi connectivity index (χ3v) is 2.43. The Labute approximate surface area is 85.6 Å². The smallest absolute Gasteiger partial charge is 0.167 e. The number of benzene rings is 1. The molecule has 1 radical (unpaired) electrons. The summed E-state index contributed by atoms with van der Waals surface area (Å²) in [7, 11) is 1.51. The zero-order valence-corrected chi connectivity index (χ0v) is 8.34. The predicted octanol–water partition coefficient (Wildman–Crippen LogP) is 2.32. The number of rotatable bonds is 2. The molecule has 4 heteroatoms. The zero-order valence-electron chi connectivity index (χ0n) is 7.52. The lowest BCUT2D eigenvalue weighted by molar-refractivity contribution is 0.374. The number of aromatic nitrogens is 1. The van der Waals surface area contributed by atoms with Crippen molar-refractivity contribution in [2.45, 2.75) is 0 Å². The predicted molar refractivity (Wildman–Crippen MR) is 54.6 cm³/mol. The second kappa shape index (κ2) is 3.67. The summed E-state index contributed by atoms with van der Waals surface area (Å²) in [5.74, 6) is 0.521. The first-order valence-electron chi connectivity index (χ1n) is 3.99. The van der Waals surface area contributed by atoms with Crippen molar-refractivity contribution in [3.8, 4) is 22.8 Å². The Morgan fingerprint density at radius 3 is 3.07 bits per heavy atom. The normalized spacial score (nSPS) is 10.1. The number of nitrogens with zero attached hydrogens (tertiary/aromatic N) is 1. The van der Waals surface area contributed by atoms with Crippen molar-refractivity contribution in [2.24, 2.45) is 0 Å². The van der Waals surface area contributed by atoms with E-state index in [4.69, 9.17) is 4.74 Å². The Hall–Kier alpha value is -1.55. The van der Waals surface area contributed by atoms with Crippen molar-refractivity contribution in [2.75, 3.05) is 7.11 Å². The summed E-state index contributed by atoms with van der Waals surface area (Å²) < 4.78 is 4.99. The van der Waals surface area contributed by atoms with Crippen LogP contribution in [0, 0.1) is 6.07 Å². The van der Waals surface area contributed by atoms with Crippen LogP contribution in [-0.4, -0.2) is 17.2 Å². The standard InChI is InChI=1S/C10H8NO2S/c1-13-9-4-2-3-7(10(9)12)8-5-14-6-11-8/h2,4-6,12H,1H3. The highest BCUT2D eigenvalue weighted by molar-refractivity contribution is 7.07. The molecular formula is C10H8NO2S. The summed E-state index contributed by atoms with van der Waals surface area (Å²) in [6.45, 7) is 0. The van der Waals surface area contributed by atoms with Crippen LogP contribution in [-0.2, 0) is 0 Å². The van der Waals surface area contributed by atoms with Gasteiger partial charge in [-0.1, -0.05) is 0 Å². The van der Waals surface area contributed by atoms with Crippen LogP contribution in [0.1, 0.15) is 0 Å². The lowest BCUT2D eigenvalue weighted by Gasteiger charge is -2.05. The van der Waals surface area contributed by atoms with E-state index in [0.717, 1.165) is 0 Å². The molecule has 0 aliphatic carbocycles. The molecule has 0 fully saturated rings. The summed E-state index contributed by atoms with van der Waals surface area (Å²) >= 11 is 1.47. The molecule has 0 unspecified atom stereocenters. The minimum atomic E-state index is 0.0842. The quantitative estimate of drug-likeness (QED) is 0.820. The fourth-order valence-corrected chi connectivity index (χ4v) is 1.71. The molecule has 0 aliphatic heterocycles. The largest absolute Gasteiger partial charge is 0.504 e. The van der Waals surface area contributed by atoms with Gasteiger partial charge in [-0.05, 0) is 18.2 Å². The van der Waals surface area contributed by atoms with Crippen LogP contribution >= 0.6 is 11.3 Å². The van der Waals surface area contributed by atoms with Crippen molar-refractivity contribution in [3.63, 3.8) is 0 Å². The fourth-order valence-electron chi connectivity index (χ4n) is 1.17. The highest BCUT2D eigenvalue weighted by atomic mass is 32.1. The average molecular weight is 206 g/mol. The topological polar surface area (TPSA) is 42.4 Å². The van der Waals surface area contributed by atoms with E-state index >= 15 is 0 Å². The van der Waals surface area contributed by atoms with E-state index in [0.29, 0.717) is 17.0 Å². The molecular weight excluding hydrogens is 198 g/mol. The van der Waals surface area contributed by atoms with Crippen LogP contribution in [0.25, 0.3) is 11.3 Å². The number of thiazole rings is 1. The van der Waals surface area contributed by atoms with E-state index in [2.05, 4.69) is 11.1 Å². The van der Waals surface area contributed by atoms with E-state index in [1.807, 2.05) is 5.38 Å². The summed E-state index contributed by atoms with van der Waals surface area (Å²) in [4.78, 5) is 4.09. The fraction of sp³-hybridized carbons (Fsp3) is 0.100. The van der Waals surface area contributed by atoms with E-state index in [1.54, 1.807) is 17.6 Å². The minimum absolute atomic E-state index is 0.0842. The monoisotopic (exact) mass is 206 g/mol. The minimum Gasteiger partial charge on any atom is -0.504 e. The molecule has 14 heavy (non-hydrogen) atoms. The van der Waals surface area contributed by atoms with E-state index < -0.39 is 0 Å². The molecule has 1 aromatic heterocycles. The van der Waals surface area contributed by atoms with Crippen LogP contribution in [0.15, 0.2) is 23.0 Å². The molecule has 0 bridgehead atoms. The SMILES string of the molecule is COc1cc[c]c(-c2cscn2)c1O. The average Bonchev–Trinajstić information content (AvgIpc) is 2.71. The Bertz CT molecular complexity index is 426. The molecule has 0 atom stereocenters. The lowest BCUT2D eigenvalue weighted by Crippen LogP contribution is -1.86. The molecule has 2 aromatic rings. The molecule has 0 saturated heterocycles. The third kappa shape index (κ3) is 1.44. The summed E-state index contributed by atoms with van der Waals surface area (Å²) in [5, 5.41) is 11.6. The van der Waals surface area contributed by atoms with Crippen LogP contribution in [0.5, 0.6) is 11.5 Å². The van der Waals surface area contributed by atoms with Crippen molar-refractivity contribution >= 4 is 11.3 Å². The molecule has 3 nitrogen and oxygen atoms in total. The number of phenolic OH excluding ortho intramolecular Hbond substituents is 1. The van der Waals surface area contributed by atoms with Crippen LogP contribution in [0.3, 0.4) is 0 Å². The molecule has 71 valence electrons. The highest BCUT2D eigenvalue weighted by Crippen LogP contribution is 2.35. The molecule has 1 aromatic carbocycles. The molecule has 1 N–H and O–H groups in total. The maximum atomic E-state index is 9.77. The van der Waals surface area contributed by atoms with Crippen molar-refractivity contribution < 1.29 is 9.84 Å². The maximum absolute atomic E-state index is 9.77. The lowest BCUT2D eigenvalue weighted by atomic mass is 10.1. The molecule has 1 heterocycles. The number of ether oxygens (including phenoxy) is 1. The summed E-state index contributed by atoms with van der Waals surface area (Å²) in [5.41, 5.74) is 3.00. The van der Waals surface area contributed by atoms with Crippen LogP contribution < -0.4 is 4.74 Å². The third-order valence-electron chi connectivity index (χ3n) is 1.84. The van der Waals surface area contributed by atoms with Gasteiger partial charge in [-0.25, -0.2) is 4.98 Å². The van der Waals surface area contributed by atoms with Crippen LogP contribution in [0.2, 0.25) is 0 Å². The van der Waals surface area contributed by atoms with Gasteiger partial charge < -0.3 is 9.84 Å². The number of hydrogen-bond acceptors (Lipinski definition) is 4. The first kappa shape index (κ1) is 9.02. The van der Waals surface area contributed by atoms with Gasteiger partial charge in [0.25, 0.3) is 0 Å². The summed E-state index contributed by atoms with van der Waals surface area (Å²) in [6.07, 6.45) is 0. The van der Waals surface area contributed by atoms with Crippen molar-refractivity contribution in [1.82, 2.24) is 4.98 Å². The van der Waals surface area contributed by atoms with Gasteiger partial charge in [-0.2, -0.15) is 0 Å². The van der Waals surface area contributed by atoms with Crippen molar-refractivity contribution in [1.29, 1.82) is 0 Å². The van der Waals surface area contributed by atoms with Gasteiger partial charge in [0.1, 0.15) is 0 Å². The van der Waals surface area contributed by atoms with Gasteiger partial charge in [0.05, 0.1) is 23.9 Å². The van der Waals surface area contributed by atoms with Gasteiger partial charge in [-0.3, -0.25) is 0 Å². The highest BCUT2D eigenvalue weighted by Gasteiger charge is 2.10. The number of hydrogen-bond donors (Lipinski definition) is 1. The van der Waals surface area contributed by atoms with Gasteiger partial charge in [0, 0.05) is 5.38 Å². The van der Waals surface area contributed by atoms with Crippen molar-refractivity contribution in [3.05, 3.63) is 29.1 Å². The van der Waals surface area contributed by atoms with Crippen LogP contribution in [0.4, 0.5) is 0 Å². The van der Waals surface area contributed by atoms with Gasteiger partial charge in [0.2, 0.25) is 0 Å². The Morgan fingerprint density at radius 2 is 2.43 bits per heavy atom. The van der Waals surface area contributed by atoms with Gasteiger partial charge in [-0.15, -0.1) is 11.3 Å². The molecule has 0 saturated carbocycles. The number of aromatic hydroxyl groups is 1. The van der Waals surface area contributed by atoms with E-state index in [-0.39, 0.29) is 5.75 Å². The zero-order chi connectivity index (χ0) is 9.97. The second-order valence-corrected chi connectivity index (χ2v) is 3.36. The first-order chi connectivity index (χ1) is 6.83. The number of phenols is 1. The molecule has 2 rings (SSSR count). The first-order valence-corrected chi connectivity index (χ1v) is 4.93. The Morgan fingerprint density at radius 1 is 1.57 bits per heavy atom. The number of methoxy groups -OCH3 is 1. The Balaban J connectivity index is 2.54. The van der Waals surface area contributed by atoms with Gasteiger partial charge >= 0.3 is 0 Å². The summed E-state index contributed by atoms with van der Waals surface area (Å²) in [6, 6.07) is 6.29. The maximum Gasteiger partial charge on any atom is 0.167 e.